The van der Waals surface area contributed by atoms with Gasteiger partial charge in [-0.1, -0.05) is 12.1 Å². The second-order valence-electron chi connectivity index (χ2n) is 5.85. The molecule has 3 aromatic rings. The van der Waals surface area contributed by atoms with E-state index in [1.54, 1.807) is 18.2 Å². The van der Waals surface area contributed by atoms with Crippen molar-refractivity contribution >= 4 is 23.2 Å². The van der Waals surface area contributed by atoms with Crippen molar-refractivity contribution in [1.29, 1.82) is 0 Å². The normalized spacial score (nSPS) is 10.2. The van der Waals surface area contributed by atoms with Gasteiger partial charge in [-0.05, 0) is 48.5 Å². The zero-order valence-electron chi connectivity index (χ0n) is 14.8. The van der Waals surface area contributed by atoms with Crippen LogP contribution in [0.1, 0.15) is 20.7 Å². The van der Waals surface area contributed by atoms with Crippen LogP contribution in [0.2, 0.25) is 0 Å². The van der Waals surface area contributed by atoms with Gasteiger partial charge < -0.3 is 15.4 Å². The molecule has 142 valence electrons. The highest BCUT2D eigenvalue weighted by atomic mass is 19.1. The lowest BCUT2D eigenvalue weighted by Crippen LogP contribution is -2.15. The highest BCUT2D eigenvalue weighted by Crippen LogP contribution is 2.19. The molecule has 7 heteroatoms. The Labute approximate surface area is 160 Å². The number of nitrogens with one attached hydrogen (secondary N) is 2. The molecule has 0 heterocycles. The van der Waals surface area contributed by atoms with Crippen LogP contribution >= 0.6 is 0 Å². The number of carbonyl (C=O) groups is 2. The maximum atomic E-state index is 14.0. The van der Waals surface area contributed by atoms with E-state index < -0.39 is 23.4 Å². The average Bonchev–Trinajstić information content (AvgIpc) is 2.68. The summed E-state index contributed by atoms with van der Waals surface area (Å²) < 4.78 is 32.2. The molecule has 0 saturated carbocycles. The molecule has 2 amide bonds. The largest absolute Gasteiger partial charge is 0.497 e. The lowest BCUT2D eigenvalue weighted by atomic mass is 10.1. The van der Waals surface area contributed by atoms with Crippen molar-refractivity contribution in [1.82, 2.24) is 0 Å². The van der Waals surface area contributed by atoms with Crippen LogP contribution in [0.3, 0.4) is 0 Å². The number of benzene rings is 3. The standard InChI is InChI=1S/C21H16F2N2O3/c1-28-17-8-9-18(19(23)12-17)21(27)25-15-6-2-4-13(10-15)20(26)24-16-7-3-5-14(22)11-16/h2-12H,1H3,(H,24,26)(H,25,27). The average molecular weight is 382 g/mol. The van der Waals surface area contributed by atoms with E-state index in [1.165, 1.54) is 49.6 Å². The molecule has 0 unspecified atom stereocenters. The molecule has 0 bridgehead atoms. The van der Waals surface area contributed by atoms with Gasteiger partial charge in [0, 0.05) is 23.0 Å². The smallest absolute Gasteiger partial charge is 0.258 e. The van der Waals surface area contributed by atoms with Crippen molar-refractivity contribution in [2.45, 2.75) is 0 Å². The number of rotatable bonds is 5. The summed E-state index contributed by atoms with van der Waals surface area (Å²) in [7, 11) is 1.40. The molecule has 0 atom stereocenters. The number of methoxy groups -OCH3 is 1. The zero-order valence-corrected chi connectivity index (χ0v) is 14.8. The first-order chi connectivity index (χ1) is 13.5. The minimum atomic E-state index is -0.725. The Morgan fingerprint density at radius 2 is 1.50 bits per heavy atom. The summed E-state index contributed by atoms with van der Waals surface area (Å²) in [6, 6.07) is 15.5. The van der Waals surface area contributed by atoms with Gasteiger partial charge in [0.15, 0.2) is 0 Å². The van der Waals surface area contributed by atoms with Gasteiger partial charge in [-0.2, -0.15) is 0 Å². The third kappa shape index (κ3) is 4.50. The molecule has 0 aliphatic carbocycles. The SMILES string of the molecule is COc1ccc(C(=O)Nc2cccc(C(=O)Nc3cccc(F)c3)c2)c(F)c1. The third-order valence-corrected chi connectivity index (χ3v) is 3.89. The summed E-state index contributed by atoms with van der Waals surface area (Å²) in [5, 5.41) is 5.11. The minimum absolute atomic E-state index is 0.157. The fourth-order valence-corrected chi connectivity index (χ4v) is 2.51. The van der Waals surface area contributed by atoms with E-state index in [2.05, 4.69) is 10.6 Å². The fourth-order valence-electron chi connectivity index (χ4n) is 2.51. The molecule has 5 nitrogen and oxygen atoms in total. The number of ether oxygens (including phenoxy) is 1. The molecule has 0 aliphatic rings. The highest BCUT2D eigenvalue weighted by molar-refractivity contribution is 6.07. The van der Waals surface area contributed by atoms with Gasteiger partial charge in [0.25, 0.3) is 11.8 Å². The topological polar surface area (TPSA) is 67.4 Å². The predicted molar refractivity (Wildman–Crippen MR) is 102 cm³/mol. The molecular formula is C21H16F2N2O3. The van der Waals surface area contributed by atoms with Crippen molar-refractivity contribution in [3.63, 3.8) is 0 Å². The van der Waals surface area contributed by atoms with Gasteiger partial charge in [0.1, 0.15) is 17.4 Å². The lowest BCUT2D eigenvalue weighted by Gasteiger charge is -2.09. The van der Waals surface area contributed by atoms with E-state index in [0.29, 0.717) is 17.1 Å². The Hall–Kier alpha value is -3.74. The number of hydrogen-bond acceptors (Lipinski definition) is 3. The van der Waals surface area contributed by atoms with E-state index in [9.17, 15) is 18.4 Å². The number of amides is 2. The van der Waals surface area contributed by atoms with E-state index in [0.717, 1.165) is 6.07 Å². The van der Waals surface area contributed by atoms with Crippen LogP contribution in [0.15, 0.2) is 66.7 Å². The number of carbonyl (C=O) groups excluding carboxylic acids is 2. The van der Waals surface area contributed by atoms with Gasteiger partial charge in [-0.15, -0.1) is 0 Å². The van der Waals surface area contributed by atoms with Crippen LogP contribution in [0.25, 0.3) is 0 Å². The number of hydrogen-bond donors (Lipinski definition) is 2. The molecule has 3 aromatic carbocycles. The van der Waals surface area contributed by atoms with Gasteiger partial charge in [-0.3, -0.25) is 9.59 Å². The number of anilines is 2. The van der Waals surface area contributed by atoms with Crippen LogP contribution in [-0.4, -0.2) is 18.9 Å². The molecule has 28 heavy (non-hydrogen) atoms. The monoisotopic (exact) mass is 382 g/mol. The maximum Gasteiger partial charge on any atom is 0.258 e. The van der Waals surface area contributed by atoms with Crippen molar-refractivity contribution in [2.24, 2.45) is 0 Å². The molecule has 2 N–H and O–H groups in total. The second-order valence-corrected chi connectivity index (χ2v) is 5.85. The summed E-state index contributed by atoms with van der Waals surface area (Å²) in [5.74, 6) is -2.04. The van der Waals surface area contributed by atoms with Crippen molar-refractivity contribution < 1.29 is 23.1 Å². The Morgan fingerprint density at radius 3 is 2.18 bits per heavy atom. The summed E-state index contributed by atoms with van der Waals surface area (Å²) in [6.07, 6.45) is 0. The molecule has 0 spiro atoms. The Balaban J connectivity index is 1.74. The van der Waals surface area contributed by atoms with E-state index in [1.807, 2.05) is 0 Å². The van der Waals surface area contributed by atoms with E-state index in [4.69, 9.17) is 4.74 Å². The van der Waals surface area contributed by atoms with Crippen molar-refractivity contribution in [3.05, 3.63) is 89.5 Å². The molecular weight excluding hydrogens is 366 g/mol. The molecule has 0 aromatic heterocycles. The Kier molecular flexibility index (Phi) is 5.64. The summed E-state index contributed by atoms with van der Waals surface area (Å²) in [6.45, 7) is 0. The van der Waals surface area contributed by atoms with Crippen LogP contribution < -0.4 is 15.4 Å². The van der Waals surface area contributed by atoms with Crippen molar-refractivity contribution in [2.75, 3.05) is 17.7 Å². The van der Waals surface area contributed by atoms with Crippen LogP contribution in [0.5, 0.6) is 5.75 Å². The van der Waals surface area contributed by atoms with E-state index in [-0.39, 0.29) is 11.1 Å². The Morgan fingerprint density at radius 1 is 0.821 bits per heavy atom. The first kappa shape index (κ1) is 19.0. The van der Waals surface area contributed by atoms with E-state index >= 15 is 0 Å². The third-order valence-electron chi connectivity index (χ3n) is 3.89. The Bertz CT molecular complexity index is 1040. The van der Waals surface area contributed by atoms with Crippen LogP contribution in [0.4, 0.5) is 20.2 Å². The lowest BCUT2D eigenvalue weighted by molar-refractivity contribution is 0.101. The first-order valence-electron chi connectivity index (χ1n) is 8.28. The second kappa shape index (κ2) is 8.30. The molecule has 0 fully saturated rings. The number of halogens is 2. The minimum Gasteiger partial charge on any atom is -0.497 e. The quantitative estimate of drug-likeness (QED) is 0.684. The van der Waals surface area contributed by atoms with Crippen LogP contribution in [-0.2, 0) is 0 Å². The van der Waals surface area contributed by atoms with Gasteiger partial charge in [-0.25, -0.2) is 8.78 Å². The molecule has 0 aliphatic heterocycles. The predicted octanol–water partition coefficient (Wildman–Crippen LogP) is 4.48. The highest BCUT2D eigenvalue weighted by Gasteiger charge is 2.14. The van der Waals surface area contributed by atoms with Gasteiger partial charge >= 0.3 is 0 Å². The van der Waals surface area contributed by atoms with Crippen molar-refractivity contribution in [3.8, 4) is 5.75 Å². The summed E-state index contributed by atoms with van der Waals surface area (Å²) >= 11 is 0. The first-order valence-corrected chi connectivity index (χ1v) is 8.28. The summed E-state index contributed by atoms with van der Waals surface area (Å²) in [5.41, 5.74) is 0.708. The van der Waals surface area contributed by atoms with Crippen LogP contribution in [0, 0.1) is 11.6 Å². The fraction of sp³-hybridized carbons (Fsp3) is 0.0476. The molecule has 0 radical (unpaired) electrons. The van der Waals surface area contributed by atoms with Gasteiger partial charge in [0.05, 0.1) is 12.7 Å². The van der Waals surface area contributed by atoms with Gasteiger partial charge in [0.2, 0.25) is 0 Å². The zero-order chi connectivity index (χ0) is 20.1. The molecule has 3 rings (SSSR count). The summed E-state index contributed by atoms with van der Waals surface area (Å²) in [4.78, 5) is 24.6. The maximum absolute atomic E-state index is 14.0. The molecule has 0 saturated heterocycles.